The third-order valence-electron chi connectivity index (χ3n) is 6.80. The van der Waals surface area contributed by atoms with E-state index in [2.05, 4.69) is 15.6 Å². The van der Waals surface area contributed by atoms with Gasteiger partial charge in [-0.3, -0.25) is 14.0 Å². The number of phenols is 1. The number of rotatable bonds is 9. The van der Waals surface area contributed by atoms with Crippen molar-refractivity contribution in [2.45, 2.75) is 19.0 Å². The Labute approximate surface area is 248 Å². The Morgan fingerprint density at radius 2 is 1.83 bits per heavy atom. The maximum Gasteiger partial charge on any atom is 0.270 e. The first kappa shape index (κ1) is 27.4. The van der Waals surface area contributed by atoms with Crippen LogP contribution >= 0.6 is 22.7 Å². The molecule has 0 fully saturated rings. The summed E-state index contributed by atoms with van der Waals surface area (Å²) in [6.45, 7) is -0.000770. The number of aromatic nitrogens is 3. The maximum absolute atomic E-state index is 13.7. The number of fused-ring (bicyclic) bond motifs is 2. The van der Waals surface area contributed by atoms with Crippen LogP contribution in [0.25, 0.3) is 27.1 Å². The number of aliphatic hydroxyl groups excluding tert-OH is 1. The SMILES string of the molecule is Nc1nc2ccc(CNC(=O)c3cccn4c(C(=O)N[C@H](CO)Cc5ccc(O)cc5)c(-c5ccsc5)nc34)cc2s1. The van der Waals surface area contributed by atoms with E-state index in [-0.39, 0.29) is 30.5 Å². The van der Waals surface area contributed by atoms with Crippen LogP contribution in [-0.4, -0.2) is 49.0 Å². The molecule has 4 heterocycles. The van der Waals surface area contributed by atoms with Gasteiger partial charge in [-0.15, -0.1) is 0 Å². The Kier molecular flexibility index (Phi) is 7.57. The third-order valence-corrected chi connectivity index (χ3v) is 8.33. The predicted molar refractivity (Wildman–Crippen MR) is 164 cm³/mol. The summed E-state index contributed by atoms with van der Waals surface area (Å²) >= 11 is 2.86. The smallest absolute Gasteiger partial charge is 0.270 e. The number of hydrogen-bond donors (Lipinski definition) is 5. The molecule has 0 aliphatic heterocycles. The van der Waals surface area contributed by atoms with Gasteiger partial charge in [-0.2, -0.15) is 11.3 Å². The molecule has 6 N–H and O–H groups in total. The molecule has 6 aromatic rings. The van der Waals surface area contributed by atoms with Gasteiger partial charge in [0.2, 0.25) is 0 Å². The summed E-state index contributed by atoms with van der Waals surface area (Å²) in [5, 5.41) is 29.8. The number of imidazole rings is 1. The first-order valence-corrected chi connectivity index (χ1v) is 14.8. The fourth-order valence-electron chi connectivity index (χ4n) is 4.77. The van der Waals surface area contributed by atoms with Crippen LogP contribution < -0.4 is 16.4 Å². The van der Waals surface area contributed by atoms with Gasteiger partial charge in [-0.25, -0.2) is 9.97 Å². The average molecular weight is 599 g/mol. The molecule has 42 heavy (non-hydrogen) atoms. The Bertz CT molecular complexity index is 1900. The zero-order valence-corrected chi connectivity index (χ0v) is 23.8. The number of benzene rings is 2. The number of nitrogen functional groups attached to an aromatic ring is 1. The highest BCUT2D eigenvalue weighted by atomic mass is 32.1. The topological polar surface area (TPSA) is 155 Å². The molecule has 0 radical (unpaired) electrons. The van der Waals surface area contributed by atoms with E-state index in [1.807, 2.05) is 35.0 Å². The second-order valence-electron chi connectivity index (χ2n) is 9.70. The van der Waals surface area contributed by atoms with Gasteiger partial charge in [0.1, 0.15) is 17.1 Å². The standard InChI is InChI=1S/C30H26N6O4S2/c31-30-34-23-8-5-18(13-24(23)42-30)14-32-28(39)22-2-1-10-36-26(25(35-27(22)36)19-9-11-41-16-19)29(40)33-20(15-37)12-17-3-6-21(38)7-4-17/h1-11,13,16,20,37-38H,12,14-15H2,(H2,31,34)(H,32,39)(H,33,40)/t20-/m0/s1. The second kappa shape index (κ2) is 11.6. The lowest BCUT2D eigenvalue weighted by atomic mass is 10.1. The predicted octanol–water partition coefficient (Wildman–Crippen LogP) is 4.22. The molecule has 2 aromatic carbocycles. The summed E-state index contributed by atoms with van der Waals surface area (Å²) in [5.41, 5.74) is 10.5. The third kappa shape index (κ3) is 5.55. The molecule has 0 aliphatic carbocycles. The van der Waals surface area contributed by atoms with E-state index in [1.54, 1.807) is 47.0 Å². The van der Waals surface area contributed by atoms with Gasteiger partial charge in [0, 0.05) is 23.7 Å². The van der Waals surface area contributed by atoms with Crippen LogP contribution in [0.5, 0.6) is 5.75 Å². The summed E-state index contributed by atoms with van der Waals surface area (Å²) < 4.78 is 2.55. The second-order valence-corrected chi connectivity index (χ2v) is 11.5. The number of nitrogens with one attached hydrogen (secondary N) is 2. The summed E-state index contributed by atoms with van der Waals surface area (Å²) in [4.78, 5) is 36.1. The molecule has 0 saturated heterocycles. The largest absolute Gasteiger partial charge is 0.508 e. The first-order valence-electron chi connectivity index (χ1n) is 13.1. The molecule has 10 nitrogen and oxygen atoms in total. The zero-order valence-electron chi connectivity index (χ0n) is 22.2. The number of phenolic OH excluding ortho intramolecular Hbond substituents is 1. The monoisotopic (exact) mass is 598 g/mol. The molecule has 0 aliphatic rings. The minimum Gasteiger partial charge on any atom is -0.508 e. The molecule has 212 valence electrons. The van der Waals surface area contributed by atoms with Crippen LogP contribution in [0.3, 0.4) is 0 Å². The number of anilines is 1. The fourth-order valence-corrected chi connectivity index (χ4v) is 6.21. The van der Waals surface area contributed by atoms with E-state index in [9.17, 15) is 19.8 Å². The van der Waals surface area contributed by atoms with Crippen molar-refractivity contribution in [2.24, 2.45) is 0 Å². The molecule has 0 unspecified atom stereocenters. The number of thiazole rings is 1. The number of nitrogens with two attached hydrogens (primary N) is 1. The van der Waals surface area contributed by atoms with Crippen LogP contribution in [-0.2, 0) is 13.0 Å². The number of nitrogens with zero attached hydrogens (tertiary/aromatic N) is 3. The van der Waals surface area contributed by atoms with Crippen LogP contribution in [0, 0.1) is 0 Å². The minimum absolute atomic E-state index is 0.139. The zero-order chi connectivity index (χ0) is 29.2. The van der Waals surface area contributed by atoms with Crippen molar-refractivity contribution in [1.29, 1.82) is 0 Å². The van der Waals surface area contributed by atoms with Gasteiger partial charge in [0.15, 0.2) is 10.8 Å². The highest BCUT2D eigenvalue weighted by Gasteiger charge is 2.25. The summed E-state index contributed by atoms with van der Waals surface area (Å²) in [7, 11) is 0. The van der Waals surface area contributed by atoms with E-state index in [0.717, 1.165) is 26.9 Å². The molecule has 6 rings (SSSR count). The first-order chi connectivity index (χ1) is 20.4. The number of pyridine rings is 1. The molecular formula is C30H26N6O4S2. The highest BCUT2D eigenvalue weighted by molar-refractivity contribution is 7.22. The minimum atomic E-state index is -0.583. The van der Waals surface area contributed by atoms with Crippen LogP contribution in [0.4, 0.5) is 5.13 Å². The van der Waals surface area contributed by atoms with Gasteiger partial charge in [0.25, 0.3) is 11.8 Å². The number of amides is 2. The van der Waals surface area contributed by atoms with Crippen LogP contribution in [0.15, 0.2) is 77.6 Å². The summed E-state index contributed by atoms with van der Waals surface area (Å²) in [6.07, 6.45) is 2.06. The molecule has 1 atom stereocenters. The van der Waals surface area contributed by atoms with Crippen molar-refractivity contribution in [1.82, 2.24) is 25.0 Å². The Morgan fingerprint density at radius 3 is 2.60 bits per heavy atom. The van der Waals surface area contributed by atoms with Gasteiger partial charge < -0.3 is 26.6 Å². The van der Waals surface area contributed by atoms with Crippen molar-refractivity contribution in [3.63, 3.8) is 0 Å². The van der Waals surface area contributed by atoms with Crippen LogP contribution in [0.2, 0.25) is 0 Å². The quantitative estimate of drug-likeness (QED) is 0.167. The summed E-state index contributed by atoms with van der Waals surface area (Å²) in [6, 6.07) is 17.0. The van der Waals surface area contributed by atoms with Gasteiger partial charge >= 0.3 is 0 Å². The summed E-state index contributed by atoms with van der Waals surface area (Å²) in [5.74, 6) is -0.629. The van der Waals surface area contributed by atoms with Gasteiger partial charge in [-0.1, -0.05) is 29.5 Å². The number of thiophene rings is 1. The number of carbonyl (C=O) groups is 2. The Balaban J connectivity index is 1.29. The number of carbonyl (C=O) groups excluding carboxylic acids is 2. The highest BCUT2D eigenvalue weighted by Crippen LogP contribution is 2.28. The fraction of sp³-hybridized carbons (Fsp3) is 0.133. The van der Waals surface area contributed by atoms with Gasteiger partial charge in [0.05, 0.1) is 28.4 Å². The van der Waals surface area contributed by atoms with Crippen molar-refractivity contribution in [2.75, 3.05) is 12.3 Å². The number of hydrogen-bond acceptors (Lipinski definition) is 9. The Hall–Kier alpha value is -4.78. The van der Waals surface area contributed by atoms with E-state index in [0.29, 0.717) is 28.5 Å². The normalized spacial score (nSPS) is 12.0. The lowest BCUT2D eigenvalue weighted by Gasteiger charge is -2.17. The molecule has 2 amide bonds. The van der Waals surface area contributed by atoms with E-state index in [1.165, 1.54) is 22.7 Å². The molecule has 4 aromatic heterocycles. The lowest BCUT2D eigenvalue weighted by molar-refractivity contribution is 0.0909. The average Bonchev–Trinajstić information content (AvgIpc) is 3.74. The van der Waals surface area contributed by atoms with Gasteiger partial charge in [-0.05, 0) is 65.4 Å². The molecule has 0 bridgehead atoms. The number of aromatic hydroxyl groups is 1. The Morgan fingerprint density at radius 1 is 1.02 bits per heavy atom. The molecule has 0 saturated carbocycles. The molecule has 0 spiro atoms. The van der Waals surface area contributed by atoms with Crippen molar-refractivity contribution in [3.05, 3.63) is 100 Å². The maximum atomic E-state index is 13.7. The van der Waals surface area contributed by atoms with E-state index >= 15 is 0 Å². The molecular weight excluding hydrogens is 573 g/mol. The molecule has 12 heteroatoms. The van der Waals surface area contributed by atoms with Crippen molar-refractivity contribution in [3.8, 4) is 17.0 Å². The van der Waals surface area contributed by atoms with E-state index in [4.69, 9.17) is 10.7 Å². The number of aliphatic hydroxyl groups is 1. The lowest BCUT2D eigenvalue weighted by Crippen LogP contribution is -2.39. The van der Waals surface area contributed by atoms with Crippen LogP contribution in [0.1, 0.15) is 32.0 Å². The van der Waals surface area contributed by atoms with Crippen molar-refractivity contribution < 1.29 is 19.8 Å². The van der Waals surface area contributed by atoms with Crippen molar-refractivity contribution >= 4 is 55.5 Å². The van der Waals surface area contributed by atoms with E-state index < -0.39 is 11.9 Å².